The van der Waals surface area contributed by atoms with Gasteiger partial charge in [-0.3, -0.25) is 19.2 Å². The van der Waals surface area contributed by atoms with Gasteiger partial charge in [-0.2, -0.15) is 23.7 Å². The Bertz CT molecular complexity index is 7050. The molecule has 11 aromatic carbocycles. The minimum atomic E-state index is -4.76. The molecule has 0 spiro atoms. The zero-order chi connectivity index (χ0) is 97.5. The Hall–Kier alpha value is -11.9. The number of benzene rings is 11. The van der Waals surface area contributed by atoms with Gasteiger partial charge in [-0.15, -0.1) is 11.6 Å². The highest BCUT2D eigenvalue weighted by Crippen LogP contribution is 2.48. The van der Waals surface area contributed by atoms with E-state index < -0.39 is 63.4 Å². The van der Waals surface area contributed by atoms with Crippen molar-refractivity contribution in [3.05, 3.63) is 300 Å². The largest absolute Gasteiger partial charge is 0.493 e. The summed E-state index contributed by atoms with van der Waals surface area (Å²) < 4.78 is 176. The molecule has 42 heteroatoms. The topological polar surface area (TPSA) is 420 Å². The lowest BCUT2D eigenvalue weighted by Crippen LogP contribution is -2.38. The number of anilines is 4. The minimum absolute atomic E-state index is 0.0152. The second kappa shape index (κ2) is 42.1. The first kappa shape index (κ1) is 101. The van der Waals surface area contributed by atoms with Crippen LogP contribution in [0.1, 0.15) is 96.1 Å². The summed E-state index contributed by atoms with van der Waals surface area (Å²) in [6.45, 7) is 8.77. The Balaban J connectivity index is 0.000000153. The zero-order valence-corrected chi connectivity index (χ0v) is 79.1. The van der Waals surface area contributed by atoms with E-state index in [0.717, 1.165) is 40.6 Å². The number of methoxy groups -OCH3 is 1. The Morgan fingerprint density at radius 1 is 0.444 bits per heavy atom. The summed E-state index contributed by atoms with van der Waals surface area (Å²) in [5, 5.41) is 40.2. The van der Waals surface area contributed by atoms with Crippen molar-refractivity contribution in [2.24, 2.45) is 32.4 Å². The molecule has 8 N–H and O–H groups in total. The molecule has 28 nitrogen and oxygen atoms in total. The molecule has 0 bridgehead atoms. The lowest BCUT2D eigenvalue weighted by atomic mass is 9.78. The van der Waals surface area contributed by atoms with Gasteiger partial charge >= 0.3 is 6.18 Å². The number of amides is 4. The van der Waals surface area contributed by atoms with Gasteiger partial charge in [0.25, 0.3) is 0 Å². The van der Waals surface area contributed by atoms with Crippen molar-refractivity contribution >= 4 is 166 Å². The Morgan fingerprint density at radius 3 is 1.25 bits per heavy atom. The molecule has 4 aliphatic heterocycles. The van der Waals surface area contributed by atoms with Gasteiger partial charge in [-0.1, -0.05) is 105 Å². The normalized spacial score (nSPS) is 18.4. The number of ether oxygens (including phenoxy) is 5. The third kappa shape index (κ3) is 24.3. The summed E-state index contributed by atoms with van der Waals surface area (Å²) in [6, 6.07) is 59.5. The van der Waals surface area contributed by atoms with E-state index in [2.05, 4.69) is 26.8 Å². The van der Waals surface area contributed by atoms with E-state index in [1.807, 2.05) is 6.07 Å². The van der Waals surface area contributed by atoms with Crippen LogP contribution in [0, 0.1) is 46.9 Å². The van der Waals surface area contributed by atoms with Crippen LogP contribution >= 0.6 is 73.9 Å². The number of primary sulfonamides is 4. The average molecular weight is 2080 g/mol. The third-order valence-corrected chi connectivity index (χ3v) is 28.7. The highest BCUT2D eigenvalue weighted by molar-refractivity contribution is 9.10. The van der Waals surface area contributed by atoms with E-state index in [1.54, 1.807) is 125 Å². The molecule has 700 valence electrons. The number of nitrogens with zero attached hydrogens (tertiary/aromatic N) is 7. The Labute approximate surface area is 807 Å². The number of carbonyl (C=O) groups excluding carboxylic acids is 4. The van der Waals surface area contributed by atoms with Crippen molar-refractivity contribution in [1.82, 2.24) is 0 Å². The summed E-state index contributed by atoms with van der Waals surface area (Å²) in [5.41, 5.74) is 3.43. The van der Waals surface area contributed by atoms with Crippen LogP contribution in [0.2, 0.25) is 20.1 Å². The predicted octanol–water partition coefficient (Wildman–Crippen LogP) is 19.3. The van der Waals surface area contributed by atoms with E-state index in [9.17, 15) is 80.9 Å². The van der Waals surface area contributed by atoms with E-state index in [-0.39, 0.29) is 149 Å². The molecule has 4 amide bonds. The summed E-state index contributed by atoms with van der Waals surface area (Å²) in [5.74, 6) is -0.359. The second-order valence-electron chi connectivity index (χ2n) is 31.5. The fourth-order valence-electron chi connectivity index (χ4n) is 15.9. The molecule has 16 rings (SSSR count). The monoisotopic (exact) mass is 2080 g/mol. The molecule has 3 unspecified atom stereocenters. The number of nitrogens with two attached hydrogens (primary N) is 4. The minimum Gasteiger partial charge on any atom is -0.493 e. The first-order valence-electron chi connectivity index (χ1n) is 40.6. The second-order valence-corrected chi connectivity index (χ2v) is 40.8. The van der Waals surface area contributed by atoms with Crippen molar-refractivity contribution < 1.29 is 94.1 Å². The zero-order valence-electron chi connectivity index (χ0n) is 70.5. The molecule has 135 heavy (non-hydrogen) atoms. The highest BCUT2D eigenvalue weighted by atomic mass is 79.9. The fourth-order valence-corrected chi connectivity index (χ4v) is 19.3. The Kier molecular flexibility index (Phi) is 31.4. The molecule has 5 aliphatic rings. The molecule has 0 aromatic heterocycles. The number of para-hydroxylation sites is 3. The number of halogens is 10. The molecule has 1 saturated carbocycles. The molecule has 4 heterocycles. The van der Waals surface area contributed by atoms with Crippen molar-refractivity contribution in [2.75, 3.05) is 52.9 Å². The van der Waals surface area contributed by atoms with Crippen LogP contribution < -0.4 is 63.8 Å². The first-order valence-corrected chi connectivity index (χ1v) is 49.5. The van der Waals surface area contributed by atoms with Crippen LogP contribution in [-0.4, -0.2) is 102 Å². The van der Waals surface area contributed by atoms with Gasteiger partial charge in [0.2, 0.25) is 69.4 Å². The third-order valence-electron chi connectivity index (χ3n) is 22.8. The van der Waals surface area contributed by atoms with Gasteiger partial charge in [-0.05, 0) is 230 Å². The van der Waals surface area contributed by atoms with Crippen molar-refractivity contribution in [3.8, 4) is 58.1 Å². The van der Waals surface area contributed by atoms with Crippen LogP contribution in [0.3, 0.4) is 0 Å². The van der Waals surface area contributed by atoms with E-state index in [0.29, 0.717) is 99.4 Å². The van der Waals surface area contributed by atoms with Gasteiger partial charge in [0, 0.05) is 96.8 Å². The maximum absolute atomic E-state index is 14.2. The van der Waals surface area contributed by atoms with Crippen molar-refractivity contribution in [3.63, 3.8) is 0 Å². The number of hydrogen-bond donors (Lipinski definition) is 4. The van der Waals surface area contributed by atoms with Crippen LogP contribution in [0.15, 0.2) is 249 Å². The molecule has 1 aliphatic carbocycles. The first-order chi connectivity index (χ1) is 63.9. The maximum atomic E-state index is 14.2. The van der Waals surface area contributed by atoms with Gasteiger partial charge in [-0.25, -0.2) is 63.5 Å². The molecule has 0 radical (unpaired) electrons. The lowest BCUT2D eigenvalue weighted by Gasteiger charge is -2.36. The fraction of sp³-hybridized carbons (Fsp3) is 0.215. The van der Waals surface area contributed by atoms with Gasteiger partial charge in [0.15, 0.2) is 28.8 Å². The predicted molar refractivity (Wildman–Crippen MR) is 503 cm³/mol. The summed E-state index contributed by atoms with van der Waals surface area (Å²) in [6.07, 6.45) is -1.61. The lowest BCUT2D eigenvalue weighted by molar-refractivity contribution is -0.138. The molecular weight excluding hydrogens is 2000 g/mol. The van der Waals surface area contributed by atoms with Crippen molar-refractivity contribution in [2.45, 2.75) is 99.9 Å². The molecule has 7 atom stereocenters. The average Bonchev–Trinajstić information content (AvgIpc) is 1.05. The van der Waals surface area contributed by atoms with Crippen LogP contribution in [0.5, 0.6) is 46.0 Å². The number of hydrogen-bond acceptors (Lipinski definition) is 19. The quantitative estimate of drug-likeness (QED) is 0.0295. The number of nitriles is 2. The molecule has 4 saturated heterocycles. The summed E-state index contributed by atoms with van der Waals surface area (Å²) >= 11 is 35.1. The van der Waals surface area contributed by atoms with E-state index in [1.165, 1.54) is 114 Å². The highest BCUT2D eigenvalue weighted by Gasteiger charge is 2.43. The number of rotatable bonds is 21. The SMILES string of the molecule is COc1cccc(Cl)c1OC1CC([C@H]2CC(=O)N(c3ccc(S(N)(=O)=O)cc3)C2)CCC1Cl.N#Cc1cc(Br)ccc1Oc1cc([C@H]2CC(=O)N(c3ccc(S(N)(=O)=O)cc3)C2)ccc1Cl.N#Cc1cccc(C(F)(F)F)c1Oc1cc([C@H]2CC(=O)N(c3ccc(S(N)(=O)=O)cc3)C2)ccc1Cl.[C-]#[N+]c1cccc(F)c1Oc1cc([C@H]2CC(=O)N(c3ccc(S(N)(=O)=O)cc3)C2)ccc1Cl. The van der Waals surface area contributed by atoms with Crippen molar-refractivity contribution in [1.29, 1.82) is 10.5 Å². The Morgan fingerprint density at radius 2 is 0.844 bits per heavy atom. The smallest absolute Gasteiger partial charge is 0.420 e. The summed E-state index contributed by atoms with van der Waals surface area (Å²) in [7, 11) is -13.7. The molecule has 11 aromatic rings. The number of alkyl halides is 4. The van der Waals surface area contributed by atoms with Crippen LogP contribution in [0.25, 0.3) is 4.85 Å². The number of sulfonamides is 4. The molecular formula is C93H77BrCl5F4N11O17S4. The van der Waals surface area contributed by atoms with Gasteiger partial charge in [0.05, 0.1) is 75.4 Å². The molecule has 5 fully saturated rings. The summed E-state index contributed by atoms with van der Waals surface area (Å²) in [4.78, 5) is 60.3. The van der Waals surface area contributed by atoms with E-state index >= 15 is 0 Å². The van der Waals surface area contributed by atoms with Gasteiger partial charge < -0.3 is 43.3 Å². The van der Waals surface area contributed by atoms with E-state index in [4.69, 9.17) is 109 Å². The van der Waals surface area contributed by atoms with Crippen LogP contribution in [-0.2, 0) is 65.4 Å². The number of carbonyl (C=O) groups is 4. The maximum Gasteiger partial charge on any atom is 0.420 e. The van der Waals surface area contributed by atoms with Gasteiger partial charge in [0.1, 0.15) is 41.2 Å². The standard InChI is InChI=1S/C24H17ClF3N3O4S.C23H17BrClN3O4S.C23H26Cl2N2O5S.C23H17ClFN3O4S/c25-20-9-4-14(10-21(20)35-23-15(12-29)2-1-3-19(23)24(26,27)28)16-11-22(32)31(13-16)17-5-7-18(8-6-17)36(30,33)34;24-17-2-8-21(15(9-17)12-26)32-22-10-14(1-7-20(22)25)16-11-23(29)28(13-16)18-3-5-19(6-4-18)33(27,30)31;1-31-20-4-2-3-19(25)23(20)32-21-11-14(5-10-18(21)24)15-12-22(28)27(13-15)16-6-8-17(9-7-16)33(26,29)30;1-27-20-4-2-3-19(25)23(20)32-21-11-14(5-10-18(21)24)15-12-22(29)28(13-15)16-6-8-17(9-7-16)33(26,30)31/h1-10,16H,11,13H2,(H2,30,33,34);1-10,16H,11,13H2,(H2,27,30,31);2-4,6-9,14-15,18,21H,5,10-13H2,1H3,(H2,26,29,30);2-11,15H,12-13H2,(H2,26,30,31)/t2*16-;14?,15-,18?,21?;15-/m0000/s1. The van der Waals surface area contributed by atoms with Crippen LogP contribution in [0.4, 0.5) is 46.0 Å².